The Bertz CT molecular complexity index is 175. The second-order valence-electron chi connectivity index (χ2n) is 2.11. The monoisotopic (exact) mass is 156 g/mol. The summed E-state index contributed by atoms with van der Waals surface area (Å²) in [5, 5.41) is 12.4. The van der Waals surface area contributed by atoms with Crippen LogP contribution in [0.2, 0.25) is 0 Å². The van der Waals surface area contributed by atoms with Crippen LogP contribution in [0.1, 0.15) is 0 Å². The van der Waals surface area contributed by atoms with Crippen molar-refractivity contribution in [2.75, 3.05) is 19.8 Å². The Kier molecular flexibility index (Phi) is 3.64. The normalized spacial score (nSPS) is 10.3. The molecule has 0 amide bonds. The van der Waals surface area contributed by atoms with E-state index in [1.807, 2.05) is 12.3 Å². The molecule has 0 radical (unpaired) electrons. The summed E-state index contributed by atoms with van der Waals surface area (Å²) >= 11 is 0. The average Bonchev–Trinajstić information content (AvgIpc) is 2.50. The lowest BCUT2D eigenvalue weighted by atomic mass is 10.6. The van der Waals surface area contributed by atoms with Crippen LogP contribution in [0.15, 0.2) is 18.5 Å². The number of aliphatic hydroxyl groups excluding tert-OH is 1. The molecule has 0 aromatic carbocycles. The third-order valence-electron chi connectivity index (χ3n) is 1.26. The fourth-order valence-electron chi connectivity index (χ4n) is 0.757. The maximum atomic E-state index is 8.38. The van der Waals surface area contributed by atoms with E-state index in [2.05, 4.69) is 5.10 Å². The molecule has 0 bridgehead atoms. The number of hydrogen-bond acceptors (Lipinski definition) is 3. The van der Waals surface area contributed by atoms with E-state index in [0.717, 1.165) is 6.54 Å². The van der Waals surface area contributed by atoms with Gasteiger partial charge in [-0.3, -0.25) is 4.68 Å². The van der Waals surface area contributed by atoms with Gasteiger partial charge in [0.2, 0.25) is 0 Å². The van der Waals surface area contributed by atoms with E-state index < -0.39 is 0 Å². The number of hydrogen-bond donors (Lipinski definition) is 1. The van der Waals surface area contributed by atoms with Crippen LogP contribution in [0.3, 0.4) is 0 Å². The largest absolute Gasteiger partial charge is 0.394 e. The van der Waals surface area contributed by atoms with E-state index in [4.69, 9.17) is 9.84 Å². The molecule has 1 rings (SSSR count). The summed E-state index contributed by atoms with van der Waals surface area (Å²) in [4.78, 5) is 0. The summed E-state index contributed by atoms with van der Waals surface area (Å²) in [5.74, 6) is 0. The molecule has 0 spiro atoms. The van der Waals surface area contributed by atoms with Gasteiger partial charge in [0, 0.05) is 12.4 Å². The average molecular weight is 156 g/mol. The van der Waals surface area contributed by atoms with E-state index in [-0.39, 0.29) is 6.61 Å². The molecule has 0 aliphatic carbocycles. The number of aliphatic hydroxyl groups is 1. The molecule has 1 heterocycles. The van der Waals surface area contributed by atoms with Crippen molar-refractivity contribution >= 4 is 0 Å². The minimum atomic E-state index is 0.0824. The van der Waals surface area contributed by atoms with Crippen molar-refractivity contribution in [2.45, 2.75) is 6.54 Å². The summed E-state index contributed by atoms with van der Waals surface area (Å²) in [6.07, 6.45) is 3.61. The molecule has 0 atom stereocenters. The van der Waals surface area contributed by atoms with Crippen LogP contribution >= 0.6 is 0 Å². The second kappa shape index (κ2) is 4.87. The maximum Gasteiger partial charge on any atom is 0.0698 e. The fourth-order valence-corrected chi connectivity index (χ4v) is 0.757. The summed E-state index contributed by atoms with van der Waals surface area (Å²) in [6, 6.07) is 1.87. The third-order valence-corrected chi connectivity index (χ3v) is 1.26. The molecular formula is C7H12N2O2. The van der Waals surface area contributed by atoms with Crippen LogP contribution in [0.25, 0.3) is 0 Å². The number of ether oxygens (including phenoxy) is 1. The summed E-state index contributed by atoms with van der Waals surface area (Å²) in [6.45, 7) is 1.83. The van der Waals surface area contributed by atoms with E-state index in [0.29, 0.717) is 13.2 Å². The first-order chi connectivity index (χ1) is 5.43. The smallest absolute Gasteiger partial charge is 0.0698 e. The van der Waals surface area contributed by atoms with Gasteiger partial charge in [-0.2, -0.15) is 5.10 Å². The van der Waals surface area contributed by atoms with Crippen LogP contribution in [-0.2, 0) is 11.3 Å². The fraction of sp³-hybridized carbons (Fsp3) is 0.571. The Hall–Kier alpha value is -0.870. The molecule has 1 aromatic heterocycles. The third kappa shape index (κ3) is 3.15. The van der Waals surface area contributed by atoms with Crippen LogP contribution in [0.5, 0.6) is 0 Å². The standard InChI is InChI=1S/C7H12N2O2/c10-5-7-11-6-4-9-3-1-2-8-9/h1-3,10H,4-7H2. The van der Waals surface area contributed by atoms with Crippen LogP contribution < -0.4 is 0 Å². The molecule has 0 aliphatic heterocycles. The van der Waals surface area contributed by atoms with Crippen molar-refractivity contribution < 1.29 is 9.84 Å². The van der Waals surface area contributed by atoms with Gasteiger partial charge in [-0.05, 0) is 6.07 Å². The zero-order valence-corrected chi connectivity index (χ0v) is 6.31. The van der Waals surface area contributed by atoms with Gasteiger partial charge in [0.15, 0.2) is 0 Å². The lowest BCUT2D eigenvalue weighted by Crippen LogP contribution is -2.08. The van der Waals surface area contributed by atoms with E-state index in [1.54, 1.807) is 10.9 Å². The topological polar surface area (TPSA) is 47.3 Å². The molecule has 0 saturated carbocycles. The van der Waals surface area contributed by atoms with Gasteiger partial charge in [-0.1, -0.05) is 0 Å². The van der Waals surface area contributed by atoms with Gasteiger partial charge in [0.25, 0.3) is 0 Å². The minimum Gasteiger partial charge on any atom is -0.394 e. The maximum absolute atomic E-state index is 8.38. The lowest BCUT2D eigenvalue weighted by Gasteiger charge is -2.01. The molecule has 11 heavy (non-hydrogen) atoms. The first kappa shape index (κ1) is 8.23. The van der Waals surface area contributed by atoms with E-state index in [1.165, 1.54) is 0 Å². The molecule has 4 heteroatoms. The van der Waals surface area contributed by atoms with Crippen molar-refractivity contribution in [1.29, 1.82) is 0 Å². The molecule has 1 N–H and O–H groups in total. The van der Waals surface area contributed by atoms with Gasteiger partial charge < -0.3 is 9.84 Å². The Balaban J connectivity index is 2.04. The summed E-state index contributed by atoms with van der Waals surface area (Å²) < 4.78 is 6.83. The summed E-state index contributed by atoms with van der Waals surface area (Å²) in [7, 11) is 0. The Labute approximate surface area is 65.4 Å². The van der Waals surface area contributed by atoms with Gasteiger partial charge >= 0.3 is 0 Å². The van der Waals surface area contributed by atoms with Gasteiger partial charge in [-0.15, -0.1) is 0 Å². The van der Waals surface area contributed by atoms with Crippen molar-refractivity contribution in [3.63, 3.8) is 0 Å². The molecular weight excluding hydrogens is 144 g/mol. The molecule has 0 aliphatic rings. The van der Waals surface area contributed by atoms with Crippen LogP contribution in [-0.4, -0.2) is 34.7 Å². The highest BCUT2D eigenvalue weighted by Crippen LogP contribution is 1.84. The van der Waals surface area contributed by atoms with Gasteiger partial charge in [0.1, 0.15) is 0 Å². The Morgan fingerprint density at radius 3 is 3.00 bits per heavy atom. The Morgan fingerprint density at radius 2 is 2.36 bits per heavy atom. The number of aromatic nitrogens is 2. The molecule has 4 nitrogen and oxygen atoms in total. The first-order valence-electron chi connectivity index (χ1n) is 3.59. The van der Waals surface area contributed by atoms with Crippen molar-refractivity contribution in [2.24, 2.45) is 0 Å². The number of nitrogens with zero attached hydrogens (tertiary/aromatic N) is 2. The van der Waals surface area contributed by atoms with Gasteiger partial charge in [0.05, 0.1) is 26.4 Å². The minimum absolute atomic E-state index is 0.0824. The zero-order valence-electron chi connectivity index (χ0n) is 6.31. The highest BCUT2D eigenvalue weighted by atomic mass is 16.5. The van der Waals surface area contributed by atoms with Crippen molar-refractivity contribution in [3.05, 3.63) is 18.5 Å². The molecule has 1 aromatic rings. The molecule has 0 unspecified atom stereocenters. The summed E-state index contributed by atoms with van der Waals surface area (Å²) in [5.41, 5.74) is 0. The molecule has 62 valence electrons. The highest BCUT2D eigenvalue weighted by Gasteiger charge is 1.89. The number of rotatable bonds is 5. The van der Waals surface area contributed by atoms with Crippen molar-refractivity contribution in [1.82, 2.24) is 9.78 Å². The second-order valence-corrected chi connectivity index (χ2v) is 2.11. The van der Waals surface area contributed by atoms with E-state index >= 15 is 0 Å². The van der Waals surface area contributed by atoms with Crippen LogP contribution in [0.4, 0.5) is 0 Å². The lowest BCUT2D eigenvalue weighted by molar-refractivity contribution is 0.0854. The molecule has 0 fully saturated rings. The van der Waals surface area contributed by atoms with Crippen molar-refractivity contribution in [3.8, 4) is 0 Å². The predicted molar refractivity (Wildman–Crippen MR) is 40.1 cm³/mol. The SMILES string of the molecule is OCCOCCn1cccn1. The first-order valence-corrected chi connectivity index (χ1v) is 3.59. The van der Waals surface area contributed by atoms with Gasteiger partial charge in [-0.25, -0.2) is 0 Å². The van der Waals surface area contributed by atoms with Crippen LogP contribution in [0, 0.1) is 0 Å². The van der Waals surface area contributed by atoms with E-state index in [9.17, 15) is 0 Å². The predicted octanol–water partition coefficient (Wildman–Crippen LogP) is -0.108. The quantitative estimate of drug-likeness (QED) is 0.605. The highest BCUT2D eigenvalue weighted by molar-refractivity contribution is 4.77. The Morgan fingerprint density at radius 1 is 1.45 bits per heavy atom. The zero-order chi connectivity index (χ0) is 7.94. The molecule has 0 saturated heterocycles.